The first kappa shape index (κ1) is 19.7. The summed E-state index contributed by atoms with van der Waals surface area (Å²) >= 11 is 0. The summed E-state index contributed by atoms with van der Waals surface area (Å²) in [4.78, 5) is 21.7. The van der Waals surface area contributed by atoms with Crippen molar-refractivity contribution in [1.29, 1.82) is 0 Å². The Bertz CT molecular complexity index is 847. The van der Waals surface area contributed by atoms with Gasteiger partial charge in [0, 0.05) is 38.1 Å². The number of nitrogens with one attached hydrogen (secondary N) is 1. The van der Waals surface area contributed by atoms with Gasteiger partial charge in [0.1, 0.15) is 6.10 Å². The van der Waals surface area contributed by atoms with Crippen LogP contribution in [0.2, 0.25) is 0 Å². The Labute approximate surface area is 166 Å². The Hall–Kier alpha value is -3.07. The van der Waals surface area contributed by atoms with Crippen molar-refractivity contribution >= 4 is 6.03 Å². The van der Waals surface area contributed by atoms with E-state index in [0.29, 0.717) is 6.01 Å². The van der Waals surface area contributed by atoms with Crippen molar-refractivity contribution in [3.05, 3.63) is 53.3 Å². The number of amides is 2. The summed E-state index contributed by atoms with van der Waals surface area (Å²) in [5.74, 6) is 6.20. The van der Waals surface area contributed by atoms with Crippen molar-refractivity contribution in [1.82, 2.24) is 20.2 Å². The lowest BCUT2D eigenvalue weighted by atomic mass is 9.96. The first-order valence-corrected chi connectivity index (χ1v) is 9.57. The summed E-state index contributed by atoms with van der Waals surface area (Å²) in [6.45, 7) is 1.99. The van der Waals surface area contributed by atoms with Crippen LogP contribution in [0.25, 0.3) is 0 Å². The smallest absolute Gasteiger partial charge is 0.317 e. The fraction of sp³-hybridized carbons (Fsp3) is 0.409. The number of hydrogen-bond donors (Lipinski definition) is 1. The van der Waals surface area contributed by atoms with Crippen molar-refractivity contribution in [3.8, 4) is 17.9 Å². The summed E-state index contributed by atoms with van der Waals surface area (Å²) in [6.07, 6.45) is 7.81. The minimum Gasteiger partial charge on any atom is -0.460 e. The van der Waals surface area contributed by atoms with Gasteiger partial charge in [-0.05, 0) is 50.3 Å². The third-order valence-corrected chi connectivity index (χ3v) is 4.58. The number of carbonyl (C=O) groups excluding carboxylic acids is 1. The van der Waals surface area contributed by atoms with Gasteiger partial charge in [-0.15, -0.1) is 0 Å². The molecule has 0 radical (unpaired) electrons. The van der Waals surface area contributed by atoms with Gasteiger partial charge in [0.25, 0.3) is 0 Å². The minimum atomic E-state index is -0.0821. The molecular formula is C22H26N4O2. The first-order valence-electron chi connectivity index (χ1n) is 9.57. The number of nitrogens with zero attached hydrogens (tertiary/aromatic N) is 3. The molecule has 1 atom stereocenters. The molecule has 1 fully saturated rings. The molecule has 6 nitrogen and oxygen atoms in total. The summed E-state index contributed by atoms with van der Waals surface area (Å²) in [6, 6.07) is 8.44. The zero-order valence-corrected chi connectivity index (χ0v) is 16.6. The van der Waals surface area contributed by atoms with Crippen LogP contribution in [0, 0.1) is 11.8 Å². The molecule has 0 bridgehead atoms. The number of aromatic nitrogens is 2. The third kappa shape index (κ3) is 5.71. The monoisotopic (exact) mass is 378 g/mol. The van der Waals surface area contributed by atoms with Gasteiger partial charge < -0.3 is 15.0 Å². The van der Waals surface area contributed by atoms with E-state index in [1.165, 1.54) is 11.3 Å². The van der Waals surface area contributed by atoms with Gasteiger partial charge in [0.2, 0.25) is 0 Å². The number of ether oxygens (including phenoxy) is 1. The molecule has 6 heteroatoms. The van der Waals surface area contributed by atoms with E-state index in [1.807, 2.05) is 31.2 Å². The zero-order valence-electron chi connectivity index (χ0n) is 16.6. The maximum atomic E-state index is 11.7. The summed E-state index contributed by atoms with van der Waals surface area (Å²) in [7, 11) is 3.46. The summed E-state index contributed by atoms with van der Waals surface area (Å²) in [5, 5.41) is 2.95. The van der Waals surface area contributed by atoms with Crippen molar-refractivity contribution < 1.29 is 9.53 Å². The van der Waals surface area contributed by atoms with Crippen LogP contribution in [0.15, 0.2) is 36.7 Å². The van der Waals surface area contributed by atoms with Gasteiger partial charge in [-0.3, -0.25) is 0 Å². The molecule has 1 heterocycles. The minimum absolute atomic E-state index is 0.0599. The normalized spacial score (nSPS) is 14.2. The second-order valence-electron chi connectivity index (χ2n) is 7.32. The largest absolute Gasteiger partial charge is 0.460 e. The van der Waals surface area contributed by atoms with Crippen LogP contribution in [0.1, 0.15) is 42.9 Å². The molecule has 1 N–H and O–H groups in total. The fourth-order valence-corrected chi connectivity index (χ4v) is 2.69. The molecule has 1 aliphatic carbocycles. The lowest BCUT2D eigenvalue weighted by molar-refractivity contribution is 0.108. The molecule has 0 spiro atoms. The van der Waals surface area contributed by atoms with Gasteiger partial charge >= 0.3 is 12.0 Å². The summed E-state index contributed by atoms with van der Waals surface area (Å²) in [5.41, 5.74) is 2.83. The second-order valence-corrected chi connectivity index (χ2v) is 7.32. The van der Waals surface area contributed by atoms with Crippen molar-refractivity contribution in [3.63, 3.8) is 0 Å². The molecule has 1 unspecified atom stereocenters. The van der Waals surface area contributed by atoms with E-state index in [1.54, 1.807) is 26.5 Å². The third-order valence-electron chi connectivity index (χ3n) is 4.58. The lowest BCUT2D eigenvalue weighted by Crippen LogP contribution is -2.40. The maximum absolute atomic E-state index is 11.7. The highest BCUT2D eigenvalue weighted by Gasteiger charge is 2.19. The Morgan fingerprint density at radius 2 is 1.82 bits per heavy atom. The molecule has 0 saturated heterocycles. The van der Waals surface area contributed by atoms with Crippen LogP contribution < -0.4 is 10.1 Å². The predicted octanol–water partition coefficient (Wildman–Crippen LogP) is 3.01. The molecule has 2 aromatic rings. The highest BCUT2D eigenvalue weighted by atomic mass is 16.5. The number of carbonyl (C=O) groups is 1. The van der Waals surface area contributed by atoms with Crippen LogP contribution >= 0.6 is 0 Å². The molecule has 28 heavy (non-hydrogen) atoms. The van der Waals surface area contributed by atoms with Crippen LogP contribution in [0.4, 0.5) is 4.79 Å². The molecule has 0 aliphatic heterocycles. The molecule has 1 aromatic carbocycles. The number of urea groups is 1. The molecule has 2 amide bonds. The Balaban J connectivity index is 1.53. The second kappa shape index (κ2) is 9.23. The Morgan fingerprint density at radius 1 is 1.18 bits per heavy atom. The average Bonchev–Trinajstić information content (AvgIpc) is 2.65. The van der Waals surface area contributed by atoms with Gasteiger partial charge in [-0.2, -0.15) is 0 Å². The van der Waals surface area contributed by atoms with Gasteiger partial charge in [-0.25, -0.2) is 14.8 Å². The number of hydrogen-bond acceptors (Lipinski definition) is 4. The first-order chi connectivity index (χ1) is 13.5. The molecule has 1 saturated carbocycles. The molecule has 1 aliphatic rings. The van der Waals surface area contributed by atoms with Gasteiger partial charge in [-0.1, -0.05) is 24.0 Å². The number of rotatable bonds is 5. The standard InChI is InChI=1S/C22H26N4O2/c1-16(25-22(27)26(2)3)13-18-10-7-17(8-11-18)9-12-19-14-23-21(24-15-19)28-20-5-4-6-20/h7-8,10-11,14-16,20H,4-6,13H2,1-3H3,(H,25,27). The van der Waals surface area contributed by atoms with Crippen molar-refractivity contribution in [2.75, 3.05) is 14.1 Å². The summed E-state index contributed by atoms with van der Waals surface area (Å²) < 4.78 is 5.65. The average molecular weight is 378 g/mol. The molecule has 146 valence electrons. The van der Waals surface area contributed by atoms with Crippen LogP contribution in [0.3, 0.4) is 0 Å². The quantitative estimate of drug-likeness (QED) is 0.812. The molecular weight excluding hydrogens is 352 g/mol. The topological polar surface area (TPSA) is 67.4 Å². The van der Waals surface area contributed by atoms with E-state index < -0.39 is 0 Å². The van der Waals surface area contributed by atoms with E-state index >= 15 is 0 Å². The van der Waals surface area contributed by atoms with Crippen LogP contribution in [0.5, 0.6) is 6.01 Å². The highest BCUT2D eigenvalue weighted by molar-refractivity contribution is 5.73. The van der Waals surface area contributed by atoms with Crippen molar-refractivity contribution in [2.45, 2.75) is 44.8 Å². The van der Waals surface area contributed by atoms with Gasteiger partial charge in [0.05, 0.1) is 5.56 Å². The lowest BCUT2D eigenvalue weighted by Gasteiger charge is -2.24. The predicted molar refractivity (Wildman–Crippen MR) is 108 cm³/mol. The molecule has 3 rings (SSSR count). The highest BCUT2D eigenvalue weighted by Crippen LogP contribution is 2.22. The van der Waals surface area contributed by atoms with E-state index in [9.17, 15) is 4.79 Å². The van der Waals surface area contributed by atoms with E-state index in [2.05, 4.69) is 27.1 Å². The van der Waals surface area contributed by atoms with Crippen LogP contribution in [-0.2, 0) is 6.42 Å². The zero-order chi connectivity index (χ0) is 19.9. The van der Waals surface area contributed by atoms with E-state index in [-0.39, 0.29) is 18.2 Å². The fourth-order valence-electron chi connectivity index (χ4n) is 2.69. The van der Waals surface area contributed by atoms with Crippen molar-refractivity contribution in [2.24, 2.45) is 0 Å². The maximum Gasteiger partial charge on any atom is 0.317 e. The molecule has 1 aromatic heterocycles. The Morgan fingerprint density at radius 3 is 2.39 bits per heavy atom. The van der Waals surface area contributed by atoms with Crippen LogP contribution in [-0.4, -0.2) is 47.1 Å². The van der Waals surface area contributed by atoms with E-state index in [4.69, 9.17) is 4.74 Å². The number of benzene rings is 1. The van der Waals surface area contributed by atoms with Gasteiger partial charge in [0.15, 0.2) is 0 Å². The van der Waals surface area contributed by atoms with E-state index in [0.717, 1.165) is 36.0 Å². The SMILES string of the molecule is CC(Cc1ccc(C#Cc2cnc(OC3CCC3)nc2)cc1)NC(=O)N(C)C. The Kier molecular flexibility index (Phi) is 6.49.